The summed E-state index contributed by atoms with van der Waals surface area (Å²) in [7, 11) is 1.48. The Kier molecular flexibility index (Phi) is 9.40. The summed E-state index contributed by atoms with van der Waals surface area (Å²) in [5, 5.41) is 0. The molecule has 0 spiro atoms. The van der Waals surface area contributed by atoms with Crippen LogP contribution < -0.4 is 0 Å². The van der Waals surface area contributed by atoms with Crippen molar-refractivity contribution in [2.75, 3.05) is 34.4 Å². The van der Waals surface area contributed by atoms with Gasteiger partial charge in [-0.2, -0.15) is 8.42 Å². The number of aryl methyl sites for hydroxylation is 1. The molecule has 1 rings (SSSR count). The van der Waals surface area contributed by atoms with Crippen molar-refractivity contribution in [3.8, 4) is 0 Å². The average molecular weight is 343 g/mol. The van der Waals surface area contributed by atoms with Crippen LogP contribution in [0.1, 0.15) is 12.5 Å². The molecule has 0 aliphatic carbocycles. The zero-order chi connectivity index (χ0) is 18.0. The Morgan fingerprint density at radius 3 is 2.13 bits per heavy atom. The molecule has 0 saturated carbocycles. The maximum atomic E-state index is 11.1. The van der Waals surface area contributed by atoms with Crippen LogP contribution in [0.5, 0.6) is 0 Å². The first-order valence-corrected chi connectivity index (χ1v) is 8.35. The highest BCUT2D eigenvalue weighted by molar-refractivity contribution is 7.86. The summed E-state index contributed by atoms with van der Waals surface area (Å²) in [5.74, 6) is -0.313. The van der Waals surface area contributed by atoms with Crippen LogP contribution in [0.2, 0.25) is 0 Å². The molecule has 6 nitrogen and oxygen atoms in total. The molecule has 0 aliphatic rings. The van der Waals surface area contributed by atoms with E-state index in [9.17, 15) is 13.2 Å². The predicted octanol–water partition coefficient (Wildman–Crippen LogP) is 2.00. The van der Waals surface area contributed by atoms with E-state index in [1.54, 1.807) is 19.1 Å². The van der Waals surface area contributed by atoms with Crippen molar-refractivity contribution in [2.45, 2.75) is 18.7 Å². The van der Waals surface area contributed by atoms with E-state index < -0.39 is 10.1 Å². The quantitative estimate of drug-likeness (QED) is 0.447. The van der Waals surface area contributed by atoms with E-state index in [4.69, 9.17) is 4.74 Å². The van der Waals surface area contributed by atoms with E-state index >= 15 is 0 Å². The van der Waals surface area contributed by atoms with E-state index in [1.165, 1.54) is 12.1 Å². The lowest BCUT2D eigenvalue weighted by Crippen LogP contribution is -2.20. The molecule has 0 atom stereocenters. The lowest BCUT2D eigenvalue weighted by Gasteiger charge is -2.09. The number of ether oxygens (including phenoxy) is 1. The van der Waals surface area contributed by atoms with Gasteiger partial charge in [-0.15, -0.1) is 0 Å². The lowest BCUT2D eigenvalue weighted by molar-refractivity contribution is -0.139. The van der Waals surface area contributed by atoms with Gasteiger partial charge in [0.2, 0.25) is 0 Å². The van der Waals surface area contributed by atoms with E-state index in [0.717, 1.165) is 19.2 Å². The van der Waals surface area contributed by atoms with Crippen LogP contribution in [-0.4, -0.2) is 53.6 Å². The Bertz CT molecular complexity index is 606. The van der Waals surface area contributed by atoms with Crippen molar-refractivity contribution in [1.82, 2.24) is 4.90 Å². The highest BCUT2D eigenvalue weighted by Gasteiger charge is 2.11. The lowest BCUT2D eigenvalue weighted by atomic mass is 10.2. The van der Waals surface area contributed by atoms with E-state index in [2.05, 4.69) is 10.8 Å². The van der Waals surface area contributed by atoms with Gasteiger partial charge in [-0.1, -0.05) is 24.3 Å². The third kappa shape index (κ3) is 9.12. The first-order chi connectivity index (χ1) is 10.6. The number of hydrogen-bond donors (Lipinski definition) is 0. The third-order valence-electron chi connectivity index (χ3n) is 2.65. The van der Waals surface area contributed by atoms with E-state index in [-0.39, 0.29) is 10.9 Å². The van der Waals surface area contributed by atoms with Gasteiger partial charge in [-0.25, -0.2) is 4.79 Å². The molecule has 7 heteroatoms. The molecule has 0 bridgehead atoms. The van der Waals surface area contributed by atoms with Crippen molar-refractivity contribution in [3.05, 3.63) is 42.0 Å². The first-order valence-electron chi connectivity index (χ1n) is 6.94. The summed E-state index contributed by atoms with van der Waals surface area (Å²) in [6, 6.07) is 6.50. The molecule has 0 fully saturated rings. The number of esters is 1. The first kappa shape index (κ1) is 21.3. The molecule has 23 heavy (non-hydrogen) atoms. The van der Waals surface area contributed by atoms with Gasteiger partial charge in [0.1, 0.15) is 6.61 Å². The van der Waals surface area contributed by atoms with Gasteiger partial charge in [0, 0.05) is 12.1 Å². The van der Waals surface area contributed by atoms with Crippen molar-refractivity contribution in [1.29, 1.82) is 0 Å². The van der Waals surface area contributed by atoms with Gasteiger partial charge >= 0.3 is 5.97 Å². The second-order valence-corrected chi connectivity index (χ2v) is 6.87. The summed E-state index contributed by atoms with van der Waals surface area (Å²) in [4.78, 5) is 12.9. The van der Waals surface area contributed by atoms with Gasteiger partial charge in [0.05, 0.1) is 12.0 Å². The van der Waals surface area contributed by atoms with Crippen molar-refractivity contribution in [2.24, 2.45) is 0 Å². The zero-order valence-corrected chi connectivity index (χ0v) is 15.1. The zero-order valence-electron chi connectivity index (χ0n) is 14.3. The Balaban J connectivity index is 0.000000423. The number of likely N-dealkylation sites (N-methyl/N-ethyl adjacent to an activating group) is 1. The Hall–Kier alpha value is -1.70. The number of benzene rings is 1. The Morgan fingerprint density at radius 1 is 1.22 bits per heavy atom. The molecule has 0 unspecified atom stereocenters. The monoisotopic (exact) mass is 343 g/mol. The predicted molar refractivity (Wildman–Crippen MR) is 89.7 cm³/mol. The number of carbonyl (C=O) groups excluding carboxylic acids is 1. The molecule has 0 saturated heterocycles. The second kappa shape index (κ2) is 10.1. The molecule has 0 heterocycles. The summed E-state index contributed by atoms with van der Waals surface area (Å²) in [6.45, 7) is 8.17. The largest absolute Gasteiger partial charge is 0.461 e. The molecule has 130 valence electrons. The molecular formula is C16H25NO5S. The molecule has 0 aromatic heterocycles. The normalized spacial score (nSPS) is 10.7. The Labute approximate surface area is 138 Å². The van der Waals surface area contributed by atoms with Crippen LogP contribution in [0.15, 0.2) is 41.3 Å². The van der Waals surface area contributed by atoms with Gasteiger partial charge in [0.15, 0.2) is 0 Å². The van der Waals surface area contributed by atoms with Gasteiger partial charge in [-0.05, 0) is 40.1 Å². The molecule has 0 amide bonds. The minimum atomic E-state index is -3.51. The number of rotatable bonds is 6. The highest BCUT2D eigenvalue weighted by atomic mass is 32.2. The van der Waals surface area contributed by atoms with Crippen molar-refractivity contribution in [3.63, 3.8) is 0 Å². The minimum Gasteiger partial charge on any atom is -0.461 e. The fourth-order valence-corrected chi connectivity index (χ4v) is 1.91. The maximum Gasteiger partial charge on any atom is 0.333 e. The van der Waals surface area contributed by atoms with Crippen LogP contribution in [-0.2, 0) is 23.8 Å². The maximum absolute atomic E-state index is 11.1. The van der Waals surface area contributed by atoms with E-state index in [0.29, 0.717) is 12.2 Å². The molecule has 0 radical (unpaired) electrons. The summed E-state index contributed by atoms with van der Waals surface area (Å²) in [6.07, 6.45) is 0. The third-order valence-corrected chi connectivity index (χ3v) is 3.94. The number of carbonyl (C=O) groups is 1. The van der Waals surface area contributed by atoms with Crippen LogP contribution in [0, 0.1) is 6.92 Å². The smallest absolute Gasteiger partial charge is 0.333 e. The fourth-order valence-electron chi connectivity index (χ4n) is 1.25. The van der Waals surface area contributed by atoms with E-state index in [1.807, 2.05) is 25.9 Å². The SMILES string of the molecule is C=C(C)C(=O)OCCN(C)C.COS(=O)(=O)c1ccc(C)cc1. The van der Waals surface area contributed by atoms with Gasteiger partial charge < -0.3 is 9.64 Å². The summed E-state index contributed by atoms with van der Waals surface area (Å²) < 4.78 is 31.3. The van der Waals surface area contributed by atoms with Crippen LogP contribution >= 0.6 is 0 Å². The highest BCUT2D eigenvalue weighted by Crippen LogP contribution is 2.11. The van der Waals surface area contributed by atoms with Crippen LogP contribution in [0.4, 0.5) is 0 Å². The van der Waals surface area contributed by atoms with Crippen LogP contribution in [0.25, 0.3) is 0 Å². The van der Waals surface area contributed by atoms with Crippen LogP contribution in [0.3, 0.4) is 0 Å². The molecule has 0 N–H and O–H groups in total. The molecule has 1 aromatic carbocycles. The van der Waals surface area contributed by atoms with Crippen molar-refractivity contribution >= 4 is 16.1 Å². The molecular weight excluding hydrogens is 318 g/mol. The topological polar surface area (TPSA) is 72.9 Å². The summed E-state index contributed by atoms with van der Waals surface area (Å²) in [5.41, 5.74) is 1.47. The average Bonchev–Trinajstić information content (AvgIpc) is 2.47. The summed E-state index contributed by atoms with van der Waals surface area (Å²) >= 11 is 0. The number of nitrogens with zero attached hydrogens (tertiary/aromatic N) is 1. The second-order valence-electron chi connectivity index (χ2n) is 5.15. The Morgan fingerprint density at radius 2 is 1.74 bits per heavy atom. The van der Waals surface area contributed by atoms with Gasteiger partial charge in [0.25, 0.3) is 10.1 Å². The molecule has 0 aliphatic heterocycles. The molecule has 1 aromatic rings. The fraction of sp³-hybridized carbons (Fsp3) is 0.438. The standard InChI is InChI=1S/C8H15NO2.C8H10O3S/c1-7(2)8(10)11-6-5-9(3)4;1-7-3-5-8(6-4-7)12(9,10)11-2/h1,5-6H2,2-4H3;3-6H,1-2H3. The minimum absolute atomic E-state index is 0.190. The van der Waals surface area contributed by atoms with Crippen molar-refractivity contribution < 1.29 is 22.1 Å². The van der Waals surface area contributed by atoms with Gasteiger partial charge in [-0.3, -0.25) is 4.18 Å². The number of hydrogen-bond acceptors (Lipinski definition) is 6.